The third-order valence-corrected chi connectivity index (χ3v) is 7.54. The number of carbonyl (C=O) groups is 2. The number of hydrogen-bond donors (Lipinski definition) is 1. The Labute approximate surface area is 189 Å². The molecule has 2 aromatic carbocycles. The number of amides is 2. The van der Waals surface area contributed by atoms with Crippen molar-refractivity contribution in [2.24, 2.45) is 0 Å². The Kier molecular flexibility index (Phi) is 6.62. The van der Waals surface area contributed by atoms with Gasteiger partial charge in [0, 0.05) is 44.4 Å². The lowest BCUT2D eigenvalue weighted by atomic mass is 10.0. The highest BCUT2D eigenvalue weighted by molar-refractivity contribution is 7.89. The molecule has 0 aromatic heterocycles. The lowest BCUT2D eigenvalue weighted by molar-refractivity contribution is -0.116. The van der Waals surface area contributed by atoms with Crippen LogP contribution < -0.4 is 9.62 Å². The molecule has 2 amide bonds. The molecule has 1 fully saturated rings. The number of sulfonamides is 1. The van der Waals surface area contributed by atoms with Crippen LogP contribution in [0, 0.1) is 0 Å². The number of piperidine rings is 1. The molecule has 0 spiro atoms. The van der Waals surface area contributed by atoms with Crippen LogP contribution in [-0.2, 0) is 27.8 Å². The molecule has 7 nitrogen and oxygen atoms in total. The van der Waals surface area contributed by atoms with Gasteiger partial charge in [0.25, 0.3) is 5.91 Å². The maximum absolute atomic E-state index is 12.9. The second-order valence-electron chi connectivity index (χ2n) is 8.44. The standard InChI is InChI=1S/C24H29N3O4S/c1-18(28)27-14-6-9-20-16-22(10-11-23(20)27)32(30,31)25-17-19-7-5-8-21(15-19)24(29)26-12-3-2-4-13-26/h5,7-8,10-11,15-16,25H,2-4,6,9,12-14,17H2,1H3. The van der Waals surface area contributed by atoms with Crippen molar-refractivity contribution in [3.05, 3.63) is 59.2 Å². The molecule has 1 saturated heterocycles. The van der Waals surface area contributed by atoms with Gasteiger partial charge in [0.15, 0.2) is 0 Å². The van der Waals surface area contributed by atoms with Gasteiger partial charge in [-0.1, -0.05) is 12.1 Å². The van der Waals surface area contributed by atoms with Crippen molar-refractivity contribution in [3.63, 3.8) is 0 Å². The molecule has 0 saturated carbocycles. The number of hydrogen-bond acceptors (Lipinski definition) is 4. The zero-order valence-electron chi connectivity index (χ0n) is 18.3. The van der Waals surface area contributed by atoms with Crippen molar-refractivity contribution in [1.29, 1.82) is 0 Å². The lowest BCUT2D eigenvalue weighted by Gasteiger charge is -2.28. The number of nitrogens with one attached hydrogen (secondary N) is 1. The highest BCUT2D eigenvalue weighted by Gasteiger charge is 2.23. The molecule has 0 radical (unpaired) electrons. The van der Waals surface area contributed by atoms with E-state index in [1.807, 2.05) is 11.0 Å². The van der Waals surface area contributed by atoms with E-state index in [2.05, 4.69) is 4.72 Å². The van der Waals surface area contributed by atoms with E-state index in [9.17, 15) is 18.0 Å². The topological polar surface area (TPSA) is 86.8 Å². The molecule has 2 aliphatic rings. The van der Waals surface area contributed by atoms with Crippen molar-refractivity contribution >= 4 is 27.5 Å². The molecule has 8 heteroatoms. The van der Waals surface area contributed by atoms with Crippen LogP contribution in [0.2, 0.25) is 0 Å². The van der Waals surface area contributed by atoms with Crippen LogP contribution in [0.15, 0.2) is 47.4 Å². The van der Waals surface area contributed by atoms with Crippen molar-refractivity contribution in [3.8, 4) is 0 Å². The van der Waals surface area contributed by atoms with Crippen LogP contribution >= 0.6 is 0 Å². The second-order valence-corrected chi connectivity index (χ2v) is 10.2. The molecular weight excluding hydrogens is 426 g/mol. The third kappa shape index (κ3) is 4.86. The van der Waals surface area contributed by atoms with Crippen LogP contribution in [0.3, 0.4) is 0 Å². The number of benzene rings is 2. The van der Waals surface area contributed by atoms with E-state index in [1.54, 1.807) is 41.3 Å². The zero-order chi connectivity index (χ0) is 22.7. The van der Waals surface area contributed by atoms with E-state index < -0.39 is 10.0 Å². The number of carbonyl (C=O) groups excluding carboxylic acids is 2. The summed E-state index contributed by atoms with van der Waals surface area (Å²) < 4.78 is 28.5. The summed E-state index contributed by atoms with van der Waals surface area (Å²) in [6.45, 7) is 3.81. The summed E-state index contributed by atoms with van der Waals surface area (Å²) in [5, 5.41) is 0. The summed E-state index contributed by atoms with van der Waals surface area (Å²) in [5.41, 5.74) is 2.97. The van der Waals surface area contributed by atoms with E-state index in [0.29, 0.717) is 12.1 Å². The van der Waals surface area contributed by atoms with Gasteiger partial charge in [0.2, 0.25) is 15.9 Å². The predicted octanol–water partition coefficient (Wildman–Crippen LogP) is 3.09. The largest absolute Gasteiger partial charge is 0.339 e. The molecule has 2 aliphatic heterocycles. The van der Waals surface area contributed by atoms with E-state index >= 15 is 0 Å². The van der Waals surface area contributed by atoms with Crippen molar-refractivity contribution < 1.29 is 18.0 Å². The first-order chi connectivity index (χ1) is 15.3. The van der Waals surface area contributed by atoms with Gasteiger partial charge in [-0.05, 0) is 73.6 Å². The SMILES string of the molecule is CC(=O)N1CCCc2cc(S(=O)(=O)NCc3cccc(C(=O)N4CCCCC4)c3)ccc21. The Balaban J connectivity index is 1.47. The van der Waals surface area contributed by atoms with Gasteiger partial charge < -0.3 is 9.80 Å². The smallest absolute Gasteiger partial charge is 0.253 e. The molecule has 32 heavy (non-hydrogen) atoms. The third-order valence-electron chi connectivity index (χ3n) is 6.14. The van der Waals surface area contributed by atoms with Crippen LogP contribution in [-0.4, -0.2) is 44.8 Å². The molecule has 0 unspecified atom stereocenters. The molecule has 0 bridgehead atoms. The molecule has 4 rings (SSSR count). The highest BCUT2D eigenvalue weighted by Crippen LogP contribution is 2.29. The summed E-state index contributed by atoms with van der Waals surface area (Å²) in [6.07, 6.45) is 4.75. The van der Waals surface area contributed by atoms with Gasteiger partial charge in [0.1, 0.15) is 0 Å². The van der Waals surface area contributed by atoms with Crippen molar-refractivity contribution in [1.82, 2.24) is 9.62 Å². The van der Waals surface area contributed by atoms with Gasteiger partial charge in [-0.2, -0.15) is 0 Å². The summed E-state index contributed by atoms with van der Waals surface area (Å²) in [7, 11) is -3.73. The number of likely N-dealkylation sites (tertiary alicyclic amines) is 1. The van der Waals surface area contributed by atoms with Gasteiger partial charge in [-0.15, -0.1) is 0 Å². The maximum Gasteiger partial charge on any atom is 0.253 e. The zero-order valence-corrected chi connectivity index (χ0v) is 19.2. The van der Waals surface area contributed by atoms with Crippen LogP contribution in [0.5, 0.6) is 0 Å². The van der Waals surface area contributed by atoms with Gasteiger partial charge in [0.05, 0.1) is 4.90 Å². The number of fused-ring (bicyclic) bond motifs is 1. The molecule has 2 heterocycles. The first-order valence-corrected chi connectivity index (χ1v) is 12.6. The minimum atomic E-state index is -3.73. The van der Waals surface area contributed by atoms with Crippen LogP contribution in [0.25, 0.3) is 0 Å². The molecular formula is C24H29N3O4S. The molecule has 2 aromatic rings. The van der Waals surface area contributed by atoms with Gasteiger partial charge in [-0.3, -0.25) is 9.59 Å². The predicted molar refractivity (Wildman–Crippen MR) is 123 cm³/mol. The normalized spacial score (nSPS) is 16.5. The van der Waals surface area contributed by atoms with Gasteiger partial charge >= 0.3 is 0 Å². The fourth-order valence-electron chi connectivity index (χ4n) is 4.42. The average Bonchev–Trinajstić information content (AvgIpc) is 2.82. The number of anilines is 1. The Morgan fingerprint density at radius 3 is 2.50 bits per heavy atom. The maximum atomic E-state index is 12.9. The van der Waals surface area contributed by atoms with E-state index in [-0.39, 0.29) is 23.3 Å². The highest BCUT2D eigenvalue weighted by atomic mass is 32.2. The monoisotopic (exact) mass is 455 g/mol. The Morgan fingerprint density at radius 1 is 0.969 bits per heavy atom. The minimum Gasteiger partial charge on any atom is -0.339 e. The Morgan fingerprint density at radius 2 is 1.75 bits per heavy atom. The Hall–Kier alpha value is -2.71. The number of nitrogens with zero attached hydrogens (tertiary/aromatic N) is 2. The fraction of sp³-hybridized carbons (Fsp3) is 0.417. The first-order valence-electron chi connectivity index (χ1n) is 11.1. The number of rotatable bonds is 5. The quantitative estimate of drug-likeness (QED) is 0.751. The summed E-state index contributed by atoms with van der Waals surface area (Å²) >= 11 is 0. The molecule has 0 atom stereocenters. The molecule has 170 valence electrons. The van der Waals surface area contributed by atoms with E-state index in [4.69, 9.17) is 0 Å². The van der Waals surface area contributed by atoms with Crippen molar-refractivity contribution in [2.45, 2.75) is 50.5 Å². The first kappa shape index (κ1) is 22.5. The average molecular weight is 456 g/mol. The van der Waals surface area contributed by atoms with Gasteiger partial charge in [-0.25, -0.2) is 13.1 Å². The number of aryl methyl sites for hydroxylation is 1. The summed E-state index contributed by atoms with van der Waals surface area (Å²) in [5.74, 6) is -0.0437. The minimum absolute atomic E-state index is 0.000815. The fourth-order valence-corrected chi connectivity index (χ4v) is 5.49. The Bertz CT molecular complexity index is 1120. The lowest BCUT2D eigenvalue weighted by Crippen LogP contribution is -2.35. The molecule has 1 N–H and O–H groups in total. The van der Waals surface area contributed by atoms with Crippen molar-refractivity contribution in [2.75, 3.05) is 24.5 Å². The van der Waals surface area contributed by atoms with E-state index in [0.717, 1.165) is 62.0 Å². The van der Waals surface area contributed by atoms with Crippen LogP contribution in [0.1, 0.15) is 54.1 Å². The summed E-state index contributed by atoms with van der Waals surface area (Å²) in [4.78, 5) is 28.3. The summed E-state index contributed by atoms with van der Waals surface area (Å²) in [6, 6.07) is 12.0. The second kappa shape index (κ2) is 9.42. The molecule has 0 aliphatic carbocycles. The van der Waals surface area contributed by atoms with E-state index in [1.165, 1.54) is 6.92 Å². The van der Waals surface area contributed by atoms with Crippen LogP contribution in [0.4, 0.5) is 5.69 Å².